The molecule has 0 aromatic carbocycles. The third-order valence-electron chi connectivity index (χ3n) is 3.52. The average molecular weight is 272 g/mol. The fourth-order valence-electron chi connectivity index (χ4n) is 1.97. The van der Waals surface area contributed by atoms with E-state index in [4.69, 9.17) is 10.8 Å². The first-order valence-electron chi connectivity index (χ1n) is 7.13. The Bertz CT molecular complexity index is 280. The molecule has 0 heterocycles. The second-order valence-corrected chi connectivity index (χ2v) is 5.31. The summed E-state index contributed by atoms with van der Waals surface area (Å²) in [5.74, 6) is -0.602. The van der Waals surface area contributed by atoms with Gasteiger partial charge in [0.1, 0.15) is 0 Å². The maximum Gasteiger partial charge on any atom is 0.303 e. The quantitative estimate of drug-likeness (QED) is 0.565. The van der Waals surface area contributed by atoms with Crippen molar-refractivity contribution in [1.82, 2.24) is 5.32 Å². The van der Waals surface area contributed by atoms with Crippen LogP contribution in [0.2, 0.25) is 0 Å². The van der Waals surface area contributed by atoms with Gasteiger partial charge in [-0.05, 0) is 25.7 Å². The zero-order valence-electron chi connectivity index (χ0n) is 12.3. The molecule has 0 aliphatic heterocycles. The summed E-state index contributed by atoms with van der Waals surface area (Å²) in [6.45, 7) is 6.32. The highest BCUT2D eigenvalue weighted by molar-refractivity contribution is 5.78. The SMILES string of the molecule is CCCC(CCNC(=O)C(C)C(C)N)CCC(=O)O. The predicted molar refractivity (Wildman–Crippen MR) is 75.7 cm³/mol. The summed E-state index contributed by atoms with van der Waals surface area (Å²) < 4.78 is 0. The Labute approximate surface area is 115 Å². The van der Waals surface area contributed by atoms with Crippen molar-refractivity contribution in [3.63, 3.8) is 0 Å². The minimum Gasteiger partial charge on any atom is -0.481 e. The molecule has 0 aliphatic rings. The standard InChI is InChI=1S/C14H28N2O3/c1-4-5-12(6-7-13(17)18)8-9-16-14(19)10(2)11(3)15/h10-12H,4-9,15H2,1-3H3,(H,16,19)(H,17,18). The third-order valence-corrected chi connectivity index (χ3v) is 3.52. The Morgan fingerprint density at radius 2 is 1.84 bits per heavy atom. The lowest BCUT2D eigenvalue weighted by Gasteiger charge is -2.18. The van der Waals surface area contributed by atoms with Gasteiger partial charge in [-0.15, -0.1) is 0 Å². The molecular formula is C14H28N2O3. The zero-order chi connectivity index (χ0) is 14.8. The Morgan fingerprint density at radius 3 is 2.32 bits per heavy atom. The molecule has 0 rings (SSSR count). The second kappa shape index (κ2) is 9.78. The lowest BCUT2D eigenvalue weighted by atomic mass is 9.94. The number of carboxylic acids is 1. The van der Waals surface area contributed by atoms with Crippen molar-refractivity contribution in [2.75, 3.05) is 6.54 Å². The molecule has 0 saturated heterocycles. The molecular weight excluding hydrogens is 244 g/mol. The van der Waals surface area contributed by atoms with Gasteiger partial charge in [-0.25, -0.2) is 0 Å². The largest absolute Gasteiger partial charge is 0.481 e. The summed E-state index contributed by atoms with van der Waals surface area (Å²) >= 11 is 0. The number of nitrogens with two attached hydrogens (primary N) is 1. The van der Waals surface area contributed by atoms with Crippen LogP contribution in [0, 0.1) is 11.8 Å². The van der Waals surface area contributed by atoms with Gasteiger partial charge in [0.15, 0.2) is 0 Å². The highest BCUT2D eigenvalue weighted by Gasteiger charge is 2.17. The van der Waals surface area contributed by atoms with Gasteiger partial charge in [-0.2, -0.15) is 0 Å². The molecule has 0 fully saturated rings. The van der Waals surface area contributed by atoms with Crippen LogP contribution in [0.3, 0.4) is 0 Å². The molecule has 1 amide bonds. The Kier molecular flexibility index (Phi) is 9.21. The number of rotatable bonds is 10. The first-order valence-corrected chi connectivity index (χ1v) is 7.13. The van der Waals surface area contributed by atoms with E-state index < -0.39 is 5.97 Å². The molecule has 0 aliphatic carbocycles. The summed E-state index contributed by atoms with van der Waals surface area (Å²) in [7, 11) is 0. The Morgan fingerprint density at radius 1 is 1.21 bits per heavy atom. The first-order chi connectivity index (χ1) is 8.88. The molecule has 5 heteroatoms. The minimum absolute atomic E-state index is 0.0246. The van der Waals surface area contributed by atoms with E-state index in [-0.39, 0.29) is 24.3 Å². The maximum absolute atomic E-state index is 11.7. The molecule has 3 unspecified atom stereocenters. The summed E-state index contributed by atoms with van der Waals surface area (Å²) in [6, 6.07) is -0.154. The summed E-state index contributed by atoms with van der Waals surface area (Å²) in [4.78, 5) is 22.3. The van der Waals surface area contributed by atoms with E-state index >= 15 is 0 Å². The van der Waals surface area contributed by atoms with E-state index in [1.807, 2.05) is 13.8 Å². The fraction of sp³-hybridized carbons (Fsp3) is 0.857. The van der Waals surface area contributed by atoms with Crippen molar-refractivity contribution >= 4 is 11.9 Å². The molecule has 5 nitrogen and oxygen atoms in total. The maximum atomic E-state index is 11.7. The molecule has 0 spiro atoms. The average Bonchev–Trinajstić information content (AvgIpc) is 2.34. The fourth-order valence-corrected chi connectivity index (χ4v) is 1.97. The highest BCUT2D eigenvalue weighted by Crippen LogP contribution is 2.17. The zero-order valence-corrected chi connectivity index (χ0v) is 12.3. The Hall–Kier alpha value is -1.10. The molecule has 0 saturated carbocycles. The summed E-state index contributed by atoms with van der Waals surface area (Å²) in [5, 5.41) is 11.6. The lowest BCUT2D eigenvalue weighted by Crippen LogP contribution is -2.39. The number of nitrogens with one attached hydrogen (secondary N) is 1. The van der Waals surface area contributed by atoms with Crippen LogP contribution in [0.15, 0.2) is 0 Å². The van der Waals surface area contributed by atoms with Crippen molar-refractivity contribution in [2.45, 2.75) is 58.9 Å². The summed E-state index contributed by atoms with van der Waals surface area (Å²) in [6.07, 6.45) is 3.76. The van der Waals surface area contributed by atoms with Gasteiger partial charge in [-0.3, -0.25) is 9.59 Å². The van der Waals surface area contributed by atoms with Crippen molar-refractivity contribution in [3.05, 3.63) is 0 Å². The van der Waals surface area contributed by atoms with Crippen LogP contribution in [-0.4, -0.2) is 29.6 Å². The first kappa shape index (κ1) is 17.9. The van der Waals surface area contributed by atoms with Gasteiger partial charge in [0.05, 0.1) is 0 Å². The number of carbonyl (C=O) groups excluding carboxylic acids is 1. The minimum atomic E-state index is -0.754. The smallest absolute Gasteiger partial charge is 0.303 e. The number of carboxylic acid groups (broad SMARTS) is 1. The van der Waals surface area contributed by atoms with E-state index in [0.29, 0.717) is 18.9 Å². The number of amides is 1. The molecule has 4 N–H and O–H groups in total. The molecule has 112 valence electrons. The molecule has 0 radical (unpaired) electrons. The van der Waals surface area contributed by atoms with Crippen molar-refractivity contribution < 1.29 is 14.7 Å². The van der Waals surface area contributed by atoms with E-state index in [9.17, 15) is 9.59 Å². The van der Waals surface area contributed by atoms with E-state index in [2.05, 4.69) is 12.2 Å². The highest BCUT2D eigenvalue weighted by atomic mass is 16.4. The van der Waals surface area contributed by atoms with Gasteiger partial charge < -0.3 is 16.2 Å². The van der Waals surface area contributed by atoms with Crippen molar-refractivity contribution in [3.8, 4) is 0 Å². The monoisotopic (exact) mass is 272 g/mol. The second-order valence-electron chi connectivity index (χ2n) is 5.31. The lowest BCUT2D eigenvalue weighted by molar-refractivity contribution is -0.137. The summed E-state index contributed by atoms with van der Waals surface area (Å²) in [5.41, 5.74) is 5.67. The van der Waals surface area contributed by atoms with Gasteiger partial charge in [0, 0.05) is 24.9 Å². The van der Waals surface area contributed by atoms with Crippen LogP contribution in [0.4, 0.5) is 0 Å². The molecule has 0 aromatic rings. The molecule has 3 atom stereocenters. The van der Waals surface area contributed by atoms with E-state index in [0.717, 1.165) is 19.3 Å². The van der Waals surface area contributed by atoms with Crippen LogP contribution >= 0.6 is 0 Å². The molecule has 19 heavy (non-hydrogen) atoms. The number of hydrogen-bond donors (Lipinski definition) is 3. The van der Waals surface area contributed by atoms with Crippen LogP contribution < -0.4 is 11.1 Å². The van der Waals surface area contributed by atoms with Crippen LogP contribution in [0.25, 0.3) is 0 Å². The molecule has 0 bridgehead atoms. The number of hydrogen-bond acceptors (Lipinski definition) is 3. The predicted octanol–water partition coefficient (Wildman–Crippen LogP) is 1.76. The number of carbonyl (C=O) groups is 2. The topological polar surface area (TPSA) is 92.4 Å². The number of aliphatic carboxylic acids is 1. The van der Waals surface area contributed by atoms with Crippen molar-refractivity contribution in [1.29, 1.82) is 0 Å². The van der Waals surface area contributed by atoms with Crippen molar-refractivity contribution in [2.24, 2.45) is 17.6 Å². The van der Waals surface area contributed by atoms with Crippen LogP contribution in [0.5, 0.6) is 0 Å². The third kappa shape index (κ3) is 8.59. The van der Waals surface area contributed by atoms with E-state index in [1.54, 1.807) is 0 Å². The Balaban J connectivity index is 3.97. The van der Waals surface area contributed by atoms with E-state index in [1.165, 1.54) is 0 Å². The van der Waals surface area contributed by atoms with Gasteiger partial charge in [0.25, 0.3) is 0 Å². The van der Waals surface area contributed by atoms with Crippen LogP contribution in [-0.2, 0) is 9.59 Å². The normalized spacial score (nSPS) is 15.6. The van der Waals surface area contributed by atoms with Crippen LogP contribution in [0.1, 0.15) is 52.9 Å². The van der Waals surface area contributed by atoms with Gasteiger partial charge >= 0.3 is 5.97 Å². The van der Waals surface area contributed by atoms with Gasteiger partial charge in [0.2, 0.25) is 5.91 Å². The molecule has 0 aromatic heterocycles. The van der Waals surface area contributed by atoms with Gasteiger partial charge in [-0.1, -0.05) is 26.7 Å².